The Hall–Kier alpha value is -4.18. The normalized spacial score (nSPS) is 12.7. The number of anilines is 1. The summed E-state index contributed by atoms with van der Waals surface area (Å²) in [6.45, 7) is 9.46. The summed E-state index contributed by atoms with van der Waals surface area (Å²) in [7, 11) is 0. The molecule has 10 nitrogen and oxygen atoms in total. The van der Waals surface area contributed by atoms with Crippen molar-refractivity contribution in [2.45, 2.75) is 46.7 Å². The highest BCUT2D eigenvalue weighted by Gasteiger charge is 2.21. The van der Waals surface area contributed by atoms with Gasteiger partial charge in [-0.2, -0.15) is 0 Å². The van der Waals surface area contributed by atoms with Crippen LogP contribution in [0.5, 0.6) is 0 Å². The van der Waals surface area contributed by atoms with Crippen LogP contribution in [0.15, 0.2) is 49.0 Å². The minimum atomic E-state index is -0.716. The van der Waals surface area contributed by atoms with Gasteiger partial charge in [0.2, 0.25) is 5.82 Å². The van der Waals surface area contributed by atoms with E-state index >= 15 is 0 Å². The minimum Gasteiger partial charge on any atom is -0.455 e. The molecule has 4 aromatic rings. The van der Waals surface area contributed by atoms with Crippen LogP contribution in [0.3, 0.4) is 0 Å². The fourth-order valence-corrected chi connectivity index (χ4v) is 4.12. The summed E-state index contributed by atoms with van der Waals surface area (Å²) in [5, 5.41) is 18.8. The molecule has 0 aliphatic rings. The third kappa shape index (κ3) is 5.34. The van der Waals surface area contributed by atoms with E-state index in [1.807, 2.05) is 33.8 Å². The van der Waals surface area contributed by atoms with Gasteiger partial charge in [0.1, 0.15) is 22.2 Å². The number of rotatable bonds is 8. The first-order chi connectivity index (χ1) is 17.6. The first-order valence-corrected chi connectivity index (χ1v) is 12.0. The first kappa shape index (κ1) is 25.9. The zero-order valence-electron chi connectivity index (χ0n) is 21.0. The van der Waals surface area contributed by atoms with Crippen molar-refractivity contribution in [3.63, 3.8) is 0 Å². The number of nitrogens with zero attached hydrogens (tertiary/aromatic N) is 2. The van der Waals surface area contributed by atoms with Gasteiger partial charge in [-0.25, -0.2) is 9.78 Å². The zero-order chi connectivity index (χ0) is 26.9. The van der Waals surface area contributed by atoms with Gasteiger partial charge in [0.25, 0.3) is 0 Å². The van der Waals surface area contributed by atoms with Gasteiger partial charge >= 0.3 is 5.76 Å². The lowest BCUT2D eigenvalue weighted by atomic mass is 9.99. The Morgan fingerprint density at radius 3 is 2.59 bits per heavy atom. The molecule has 0 radical (unpaired) electrons. The lowest BCUT2D eigenvalue weighted by Gasteiger charge is -2.20. The maximum atomic E-state index is 13.4. The molecular formula is C26H27ClN6O4. The lowest BCUT2D eigenvalue weighted by molar-refractivity contribution is 0.388. The molecule has 1 aromatic carbocycles. The van der Waals surface area contributed by atoms with Gasteiger partial charge in [0.15, 0.2) is 5.43 Å². The predicted octanol–water partition coefficient (Wildman–Crippen LogP) is 4.96. The second kappa shape index (κ2) is 10.4. The van der Waals surface area contributed by atoms with Gasteiger partial charge < -0.3 is 20.5 Å². The quantitative estimate of drug-likeness (QED) is 0.187. The van der Waals surface area contributed by atoms with Crippen LogP contribution in [0.25, 0.3) is 28.1 Å². The average Bonchev–Trinajstić information content (AvgIpc) is 3.29. The van der Waals surface area contributed by atoms with Crippen LogP contribution in [-0.2, 0) is 0 Å². The molecule has 0 fully saturated rings. The van der Waals surface area contributed by atoms with E-state index in [0.717, 1.165) is 17.3 Å². The Kier molecular flexibility index (Phi) is 7.30. The molecule has 0 saturated carbocycles. The van der Waals surface area contributed by atoms with E-state index in [4.69, 9.17) is 21.4 Å². The topological polar surface area (TPSA) is 150 Å². The third-order valence-electron chi connectivity index (χ3n) is 5.75. The van der Waals surface area contributed by atoms with Crippen molar-refractivity contribution in [1.82, 2.24) is 20.4 Å². The van der Waals surface area contributed by atoms with E-state index < -0.39 is 5.76 Å². The lowest BCUT2D eigenvalue weighted by Crippen LogP contribution is -2.17. The van der Waals surface area contributed by atoms with Crippen LogP contribution in [0.2, 0.25) is 5.15 Å². The smallest absolute Gasteiger partial charge is 0.439 e. The Morgan fingerprint density at radius 1 is 1.19 bits per heavy atom. The SMILES string of the molecule is Cc1cc([C@@H](C)Nc2ccc(Cl)nc2-c2noc(=O)[nH]2)c2oc(/C(C=N)=C/NC(C)C)c(C)c(=O)c2c1. The maximum absolute atomic E-state index is 13.4. The molecule has 37 heavy (non-hydrogen) atoms. The summed E-state index contributed by atoms with van der Waals surface area (Å²) in [5.74, 6) is -0.265. The van der Waals surface area contributed by atoms with Crippen LogP contribution in [-0.4, -0.2) is 27.4 Å². The molecule has 0 aliphatic carbocycles. The first-order valence-electron chi connectivity index (χ1n) is 11.6. The van der Waals surface area contributed by atoms with Crippen molar-refractivity contribution < 1.29 is 8.94 Å². The highest BCUT2D eigenvalue weighted by molar-refractivity contribution is 6.29. The molecular weight excluding hydrogens is 496 g/mol. The molecule has 192 valence electrons. The highest BCUT2D eigenvalue weighted by atomic mass is 35.5. The summed E-state index contributed by atoms with van der Waals surface area (Å²) in [6, 6.07) is 6.82. The number of aromatic nitrogens is 3. The van der Waals surface area contributed by atoms with E-state index in [-0.39, 0.29) is 28.5 Å². The van der Waals surface area contributed by atoms with Gasteiger partial charge in [-0.3, -0.25) is 14.3 Å². The van der Waals surface area contributed by atoms with Crippen molar-refractivity contribution in [2.24, 2.45) is 0 Å². The van der Waals surface area contributed by atoms with Gasteiger partial charge in [-0.1, -0.05) is 22.8 Å². The number of fused-ring (bicyclic) bond motifs is 1. The number of pyridine rings is 1. The molecule has 0 unspecified atom stereocenters. The van der Waals surface area contributed by atoms with E-state index in [1.165, 1.54) is 0 Å². The average molecular weight is 523 g/mol. The van der Waals surface area contributed by atoms with Crippen molar-refractivity contribution in [2.75, 3.05) is 5.32 Å². The number of benzene rings is 1. The third-order valence-corrected chi connectivity index (χ3v) is 5.96. The molecule has 1 atom stereocenters. The molecule has 0 spiro atoms. The summed E-state index contributed by atoms with van der Waals surface area (Å²) < 4.78 is 11.0. The predicted molar refractivity (Wildman–Crippen MR) is 144 cm³/mol. The van der Waals surface area contributed by atoms with Crippen molar-refractivity contribution >= 4 is 40.0 Å². The Morgan fingerprint density at radius 2 is 1.95 bits per heavy atom. The monoisotopic (exact) mass is 522 g/mol. The number of H-pyrrole nitrogens is 1. The number of hydrogen-bond acceptors (Lipinski definition) is 9. The molecule has 0 aliphatic heterocycles. The molecule has 0 amide bonds. The van der Waals surface area contributed by atoms with Crippen LogP contribution < -0.4 is 21.8 Å². The molecule has 4 N–H and O–H groups in total. The number of hydrogen-bond donors (Lipinski definition) is 4. The summed E-state index contributed by atoms with van der Waals surface area (Å²) >= 11 is 6.10. The van der Waals surface area contributed by atoms with E-state index in [0.29, 0.717) is 39.2 Å². The molecule has 3 heterocycles. The Bertz CT molecular complexity index is 1630. The summed E-state index contributed by atoms with van der Waals surface area (Å²) in [5.41, 5.74) is 3.56. The molecule has 0 saturated heterocycles. The summed E-state index contributed by atoms with van der Waals surface area (Å²) in [4.78, 5) is 31.7. The largest absolute Gasteiger partial charge is 0.455 e. The van der Waals surface area contributed by atoms with Gasteiger partial charge in [-0.05, 0) is 58.4 Å². The number of nitrogens with one attached hydrogen (secondary N) is 4. The number of aryl methyl sites for hydroxylation is 1. The van der Waals surface area contributed by atoms with E-state index in [1.54, 1.807) is 31.3 Å². The van der Waals surface area contributed by atoms with Crippen molar-refractivity contribution in [3.8, 4) is 11.5 Å². The Balaban J connectivity index is 1.85. The van der Waals surface area contributed by atoms with Crippen LogP contribution in [0.4, 0.5) is 5.69 Å². The van der Waals surface area contributed by atoms with Gasteiger partial charge in [0, 0.05) is 29.6 Å². The summed E-state index contributed by atoms with van der Waals surface area (Å²) in [6.07, 6.45) is 2.83. The van der Waals surface area contributed by atoms with E-state index in [2.05, 4.69) is 30.3 Å². The number of allylic oxidation sites excluding steroid dienone is 1. The van der Waals surface area contributed by atoms with E-state index in [9.17, 15) is 9.59 Å². The van der Waals surface area contributed by atoms with Crippen LogP contribution in [0, 0.1) is 19.3 Å². The fraction of sp³-hybridized carbons (Fsp3) is 0.269. The van der Waals surface area contributed by atoms with Crippen LogP contribution >= 0.6 is 11.6 Å². The molecule has 11 heteroatoms. The fourth-order valence-electron chi connectivity index (χ4n) is 3.97. The zero-order valence-corrected chi connectivity index (χ0v) is 21.8. The van der Waals surface area contributed by atoms with Gasteiger partial charge in [0.05, 0.1) is 22.7 Å². The second-order valence-electron chi connectivity index (χ2n) is 9.02. The number of aromatic amines is 1. The maximum Gasteiger partial charge on any atom is 0.439 e. The Labute approximate surface area is 217 Å². The van der Waals surface area contributed by atoms with Gasteiger partial charge in [-0.15, -0.1) is 0 Å². The van der Waals surface area contributed by atoms with Crippen molar-refractivity contribution in [3.05, 3.63) is 78.8 Å². The van der Waals surface area contributed by atoms with Crippen molar-refractivity contribution in [1.29, 1.82) is 5.41 Å². The molecule has 0 bridgehead atoms. The highest BCUT2D eigenvalue weighted by Crippen LogP contribution is 2.33. The standard InChI is InChI=1S/C26H27ClN6O4/c1-12(2)29-11-16(10-28)23-14(4)22(34)18-9-13(3)8-17(24(18)36-23)15(5)30-19-6-7-20(27)31-21(19)25-32-26(35)37-33-25/h6-12,15,28-30H,1-5H3,(H,32,33,35)/b16-11+,28-10?/t15-/m1/s1. The molecule has 4 rings (SSSR count). The number of halogens is 1. The van der Waals surface area contributed by atoms with Crippen LogP contribution in [0.1, 0.15) is 49.3 Å². The molecule has 3 aromatic heterocycles. The minimum absolute atomic E-state index is 0.124. The second-order valence-corrected chi connectivity index (χ2v) is 9.41.